The minimum Gasteiger partial charge on any atom is -0.496 e. The molecule has 1 unspecified atom stereocenters. The second-order valence-corrected chi connectivity index (χ2v) is 6.16. The maximum Gasteiger partial charge on any atom is 0.255 e. The molecule has 1 heterocycles. The van der Waals surface area contributed by atoms with Crippen LogP contribution < -0.4 is 20.7 Å². The fraction of sp³-hybridized carbons (Fsp3) is 0.529. The molecule has 2 amide bonds. The highest BCUT2D eigenvalue weighted by molar-refractivity contribution is 5.99. The molecule has 0 spiro atoms. The van der Waals surface area contributed by atoms with E-state index in [-0.39, 0.29) is 17.7 Å². The average molecular weight is 319 g/mol. The molecule has 6 nitrogen and oxygen atoms in total. The summed E-state index contributed by atoms with van der Waals surface area (Å²) in [6.45, 7) is 6.33. The van der Waals surface area contributed by atoms with E-state index in [2.05, 4.69) is 16.0 Å². The normalized spacial score (nSPS) is 15.7. The number of para-hydroxylation sites is 1. The SMILES string of the molecule is COc1ccccc1C(=O)NC(C(=O)NCC1CNC1)C(C)C. The van der Waals surface area contributed by atoms with Crippen LogP contribution in [0.1, 0.15) is 24.2 Å². The number of rotatable bonds is 7. The number of carbonyl (C=O) groups excluding carboxylic acids is 2. The minimum absolute atomic E-state index is 0.00632. The molecular weight excluding hydrogens is 294 g/mol. The fourth-order valence-electron chi connectivity index (χ4n) is 2.43. The summed E-state index contributed by atoms with van der Waals surface area (Å²) in [6, 6.07) is 6.41. The molecule has 0 saturated carbocycles. The number of nitrogens with one attached hydrogen (secondary N) is 3. The lowest BCUT2D eigenvalue weighted by Crippen LogP contribution is -2.53. The predicted molar refractivity (Wildman–Crippen MR) is 88.5 cm³/mol. The van der Waals surface area contributed by atoms with Crippen molar-refractivity contribution in [3.05, 3.63) is 29.8 Å². The van der Waals surface area contributed by atoms with Gasteiger partial charge in [-0.25, -0.2) is 0 Å². The van der Waals surface area contributed by atoms with Crippen molar-refractivity contribution in [3.8, 4) is 5.75 Å². The first-order chi connectivity index (χ1) is 11.0. The molecule has 23 heavy (non-hydrogen) atoms. The summed E-state index contributed by atoms with van der Waals surface area (Å²) < 4.78 is 5.20. The van der Waals surface area contributed by atoms with Gasteiger partial charge in [-0.3, -0.25) is 9.59 Å². The molecular formula is C17H25N3O3. The van der Waals surface area contributed by atoms with Crippen molar-refractivity contribution < 1.29 is 14.3 Å². The van der Waals surface area contributed by atoms with Gasteiger partial charge in [0, 0.05) is 25.6 Å². The van der Waals surface area contributed by atoms with Crippen molar-refractivity contribution in [2.24, 2.45) is 11.8 Å². The Morgan fingerprint density at radius 2 is 2.00 bits per heavy atom. The van der Waals surface area contributed by atoms with Crippen molar-refractivity contribution in [1.29, 1.82) is 0 Å². The molecule has 1 aliphatic heterocycles. The number of carbonyl (C=O) groups is 2. The van der Waals surface area contributed by atoms with E-state index >= 15 is 0 Å². The van der Waals surface area contributed by atoms with E-state index in [9.17, 15) is 9.59 Å². The van der Waals surface area contributed by atoms with Gasteiger partial charge >= 0.3 is 0 Å². The van der Waals surface area contributed by atoms with E-state index < -0.39 is 6.04 Å². The summed E-state index contributed by atoms with van der Waals surface area (Å²) in [5.74, 6) is 0.523. The van der Waals surface area contributed by atoms with E-state index in [1.165, 1.54) is 7.11 Å². The summed E-state index contributed by atoms with van der Waals surface area (Å²) >= 11 is 0. The summed E-state index contributed by atoms with van der Waals surface area (Å²) in [7, 11) is 1.52. The highest BCUT2D eigenvalue weighted by Crippen LogP contribution is 2.17. The summed E-state index contributed by atoms with van der Waals surface area (Å²) in [5, 5.41) is 8.92. The number of hydrogen-bond donors (Lipinski definition) is 3. The molecule has 126 valence electrons. The summed E-state index contributed by atoms with van der Waals surface area (Å²) in [5.41, 5.74) is 0.427. The van der Waals surface area contributed by atoms with Crippen LogP contribution in [0.3, 0.4) is 0 Å². The van der Waals surface area contributed by atoms with Crippen molar-refractivity contribution in [1.82, 2.24) is 16.0 Å². The number of amides is 2. The van der Waals surface area contributed by atoms with Gasteiger partial charge in [-0.1, -0.05) is 26.0 Å². The van der Waals surface area contributed by atoms with Gasteiger partial charge in [-0.15, -0.1) is 0 Å². The standard InChI is InChI=1S/C17H25N3O3/c1-11(2)15(17(22)19-10-12-8-18-9-12)20-16(21)13-6-4-5-7-14(13)23-3/h4-7,11-12,15,18H,8-10H2,1-3H3,(H,19,22)(H,20,21). The Morgan fingerprint density at radius 1 is 1.30 bits per heavy atom. The largest absolute Gasteiger partial charge is 0.496 e. The van der Waals surface area contributed by atoms with E-state index in [0.29, 0.717) is 23.8 Å². The topological polar surface area (TPSA) is 79.5 Å². The maximum absolute atomic E-state index is 12.5. The van der Waals surface area contributed by atoms with Gasteiger partial charge in [0.05, 0.1) is 12.7 Å². The minimum atomic E-state index is -0.569. The Hall–Kier alpha value is -2.08. The highest BCUT2D eigenvalue weighted by atomic mass is 16.5. The third-order valence-electron chi connectivity index (χ3n) is 4.02. The smallest absolute Gasteiger partial charge is 0.255 e. The van der Waals surface area contributed by atoms with Crippen molar-refractivity contribution in [2.75, 3.05) is 26.7 Å². The molecule has 1 fully saturated rings. The zero-order valence-corrected chi connectivity index (χ0v) is 13.9. The summed E-state index contributed by atoms with van der Waals surface area (Å²) in [6.07, 6.45) is 0. The first-order valence-corrected chi connectivity index (χ1v) is 7.95. The molecule has 3 N–H and O–H groups in total. The van der Waals surface area contributed by atoms with Gasteiger partial charge in [0.15, 0.2) is 0 Å². The Bertz CT molecular complexity index is 556. The molecule has 0 bridgehead atoms. The van der Waals surface area contributed by atoms with Crippen LogP contribution >= 0.6 is 0 Å². The van der Waals surface area contributed by atoms with E-state index in [4.69, 9.17) is 4.74 Å². The van der Waals surface area contributed by atoms with Crippen LogP contribution in [0.4, 0.5) is 0 Å². The molecule has 0 radical (unpaired) electrons. The van der Waals surface area contributed by atoms with Gasteiger partial charge in [0.1, 0.15) is 11.8 Å². The molecule has 0 aliphatic carbocycles. The van der Waals surface area contributed by atoms with Crippen molar-refractivity contribution >= 4 is 11.8 Å². The monoisotopic (exact) mass is 319 g/mol. The zero-order chi connectivity index (χ0) is 16.8. The Balaban J connectivity index is 2.00. The Kier molecular flexibility index (Phi) is 5.98. The predicted octanol–water partition coefficient (Wildman–Crippen LogP) is 0.785. The quantitative estimate of drug-likeness (QED) is 0.694. The summed E-state index contributed by atoms with van der Waals surface area (Å²) in [4.78, 5) is 24.8. The first-order valence-electron chi connectivity index (χ1n) is 7.95. The first kappa shape index (κ1) is 17.3. The molecule has 0 aromatic heterocycles. The van der Waals surface area contributed by atoms with E-state index in [0.717, 1.165) is 13.1 Å². The third-order valence-corrected chi connectivity index (χ3v) is 4.02. The molecule has 6 heteroatoms. The van der Waals surface area contributed by atoms with E-state index in [1.807, 2.05) is 13.8 Å². The Morgan fingerprint density at radius 3 is 2.57 bits per heavy atom. The zero-order valence-electron chi connectivity index (χ0n) is 13.9. The van der Waals surface area contributed by atoms with Gasteiger partial charge in [-0.2, -0.15) is 0 Å². The van der Waals surface area contributed by atoms with Crippen molar-refractivity contribution in [3.63, 3.8) is 0 Å². The van der Waals surface area contributed by atoms with Crippen LogP contribution in [-0.4, -0.2) is 44.6 Å². The lowest BCUT2D eigenvalue weighted by atomic mass is 10.0. The lowest BCUT2D eigenvalue weighted by molar-refractivity contribution is -0.124. The number of benzene rings is 1. The van der Waals surface area contributed by atoms with Crippen LogP contribution in [0, 0.1) is 11.8 Å². The molecule has 1 atom stereocenters. The fourth-order valence-corrected chi connectivity index (χ4v) is 2.43. The molecule has 1 aromatic carbocycles. The second kappa shape index (κ2) is 7.97. The molecule has 2 rings (SSSR count). The third kappa shape index (κ3) is 4.45. The van der Waals surface area contributed by atoms with Gasteiger partial charge in [0.2, 0.25) is 5.91 Å². The second-order valence-electron chi connectivity index (χ2n) is 6.16. The van der Waals surface area contributed by atoms with Crippen LogP contribution in [0.25, 0.3) is 0 Å². The van der Waals surface area contributed by atoms with E-state index in [1.54, 1.807) is 24.3 Å². The lowest BCUT2D eigenvalue weighted by Gasteiger charge is -2.29. The van der Waals surface area contributed by atoms with Gasteiger partial charge in [-0.05, 0) is 18.1 Å². The maximum atomic E-state index is 12.5. The molecule has 1 aromatic rings. The van der Waals surface area contributed by atoms with Crippen LogP contribution in [0.15, 0.2) is 24.3 Å². The van der Waals surface area contributed by atoms with Crippen molar-refractivity contribution in [2.45, 2.75) is 19.9 Å². The van der Waals surface area contributed by atoms with Gasteiger partial charge in [0.25, 0.3) is 5.91 Å². The highest BCUT2D eigenvalue weighted by Gasteiger charge is 2.27. The molecule has 1 saturated heterocycles. The van der Waals surface area contributed by atoms with Crippen LogP contribution in [0.2, 0.25) is 0 Å². The van der Waals surface area contributed by atoms with Crippen LogP contribution in [-0.2, 0) is 4.79 Å². The van der Waals surface area contributed by atoms with Gasteiger partial charge < -0.3 is 20.7 Å². The average Bonchev–Trinajstić information content (AvgIpc) is 2.50. The Labute approximate surface area is 137 Å². The number of ether oxygens (including phenoxy) is 1. The number of methoxy groups -OCH3 is 1. The number of hydrogen-bond acceptors (Lipinski definition) is 4. The molecule has 1 aliphatic rings. The van der Waals surface area contributed by atoms with Crippen LogP contribution in [0.5, 0.6) is 5.75 Å².